The maximum absolute atomic E-state index is 12.4. The molecule has 0 radical (unpaired) electrons. The third-order valence-electron chi connectivity index (χ3n) is 3.16. The van der Waals surface area contributed by atoms with Crippen LogP contribution in [0.2, 0.25) is 0 Å². The maximum Gasteiger partial charge on any atom is 0.270 e. The van der Waals surface area contributed by atoms with E-state index in [9.17, 15) is 18.5 Å². The molecular formula is C12H19N3O4S. The van der Waals surface area contributed by atoms with E-state index in [1.54, 1.807) is 0 Å². The van der Waals surface area contributed by atoms with Crippen LogP contribution < -0.4 is 5.73 Å². The molecule has 0 heterocycles. The number of non-ortho nitro benzene ring substituents is 1. The Balaban J connectivity index is 3.21. The second kappa shape index (κ2) is 6.19. The summed E-state index contributed by atoms with van der Waals surface area (Å²) in [6.07, 6.45) is 0.838. The van der Waals surface area contributed by atoms with Gasteiger partial charge in [-0.1, -0.05) is 20.3 Å². The van der Waals surface area contributed by atoms with Gasteiger partial charge >= 0.3 is 0 Å². The van der Waals surface area contributed by atoms with Gasteiger partial charge in [0.05, 0.1) is 10.6 Å². The highest BCUT2D eigenvalue weighted by Gasteiger charge is 2.26. The molecule has 2 N–H and O–H groups in total. The molecule has 1 aromatic rings. The van der Waals surface area contributed by atoms with Crippen molar-refractivity contribution >= 4 is 21.4 Å². The lowest BCUT2D eigenvalue weighted by Gasteiger charge is -2.21. The fourth-order valence-electron chi connectivity index (χ4n) is 1.69. The molecule has 8 heteroatoms. The van der Waals surface area contributed by atoms with Crippen molar-refractivity contribution in [2.24, 2.45) is 5.92 Å². The van der Waals surface area contributed by atoms with Crippen LogP contribution in [-0.4, -0.2) is 31.2 Å². The molecule has 1 aromatic carbocycles. The van der Waals surface area contributed by atoms with E-state index in [0.717, 1.165) is 12.5 Å². The average molecular weight is 301 g/mol. The first kappa shape index (κ1) is 16.4. The highest BCUT2D eigenvalue weighted by molar-refractivity contribution is 7.89. The predicted octanol–water partition coefficient (Wildman–Crippen LogP) is 1.84. The zero-order valence-corrected chi connectivity index (χ0v) is 12.6. The third kappa shape index (κ3) is 3.45. The van der Waals surface area contributed by atoms with Gasteiger partial charge < -0.3 is 5.73 Å². The van der Waals surface area contributed by atoms with Crippen LogP contribution in [0, 0.1) is 16.0 Å². The molecule has 0 bridgehead atoms. The highest BCUT2D eigenvalue weighted by atomic mass is 32.2. The molecular weight excluding hydrogens is 282 g/mol. The summed E-state index contributed by atoms with van der Waals surface area (Å²) in [5.74, 6) is 0.190. The molecule has 20 heavy (non-hydrogen) atoms. The number of rotatable bonds is 6. The first-order valence-corrected chi connectivity index (χ1v) is 7.64. The number of nitro groups is 1. The first-order chi connectivity index (χ1) is 9.20. The number of sulfonamides is 1. The van der Waals surface area contributed by atoms with Crippen molar-refractivity contribution in [2.75, 3.05) is 19.3 Å². The standard InChI is InChI=1S/C12H19N3O4S/c1-4-9(2)8-14(3)20(18,19)12-7-10(15(16)17)5-6-11(12)13/h5-7,9H,4,8,13H2,1-3H3. The second-order valence-corrected chi connectivity index (χ2v) is 6.79. The van der Waals surface area contributed by atoms with Crippen molar-refractivity contribution in [1.29, 1.82) is 0 Å². The van der Waals surface area contributed by atoms with E-state index in [2.05, 4.69) is 0 Å². The minimum atomic E-state index is -3.83. The Bertz CT molecular complexity index is 601. The van der Waals surface area contributed by atoms with E-state index in [0.29, 0.717) is 6.54 Å². The van der Waals surface area contributed by atoms with Crippen molar-refractivity contribution in [3.63, 3.8) is 0 Å². The number of nitro benzene ring substituents is 1. The van der Waals surface area contributed by atoms with Crippen LogP contribution in [0.15, 0.2) is 23.1 Å². The molecule has 1 rings (SSSR count). The Hall–Kier alpha value is -1.67. The molecule has 0 amide bonds. The molecule has 0 aliphatic rings. The largest absolute Gasteiger partial charge is 0.398 e. The lowest BCUT2D eigenvalue weighted by Crippen LogP contribution is -2.31. The Morgan fingerprint density at radius 3 is 2.55 bits per heavy atom. The van der Waals surface area contributed by atoms with Gasteiger partial charge in [-0.05, 0) is 12.0 Å². The Morgan fingerprint density at radius 1 is 1.45 bits per heavy atom. The predicted molar refractivity (Wildman–Crippen MR) is 76.8 cm³/mol. The van der Waals surface area contributed by atoms with Crippen molar-refractivity contribution < 1.29 is 13.3 Å². The fraction of sp³-hybridized carbons (Fsp3) is 0.500. The van der Waals surface area contributed by atoms with Crippen LogP contribution in [0.1, 0.15) is 20.3 Å². The normalized spacial score (nSPS) is 13.4. The van der Waals surface area contributed by atoms with Crippen molar-refractivity contribution in [3.8, 4) is 0 Å². The van der Waals surface area contributed by atoms with Gasteiger partial charge in [0.25, 0.3) is 5.69 Å². The summed E-state index contributed by atoms with van der Waals surface area (Å²) < 4.78 is 26.0. The highest BCUT2D eigenvalue weighted by Crippen LogP contribution is 2.26. The SMILES string of the molecule is CCC(C)CN(C)S(=O)(=O)c1cc([N+](=O)[O-])ccc1N. The van der Waals surface area contributed by atoms with Crippen molar-refractivity contribution in [1.82, 2.24) is 4.31 Å². The van der Waals surface area contributed by atoms with Crippen LogP contribution >= 0.6 is 0 Å². The number of nitrogens with two attached hydrogens (primary N) is 1. The van der Waals surface area contributed by atoms with Crippen molar-refractivity contribution in [3.05, 3.63) is 28.3 Å². The van der Waals surface area contributed by atoms with Crippen molar-refractivity contribution in [2.45, 2.75) is 25.2 Å². The van der Waals surface area contributed by atoms with Gasteiger partial charge in [-0.3, -0.25) is 10.1 Å². The molecule has 0 aliphatic heterocycles. The molecule has 1 unspecified atom stereocenters. The van der Waals surface area contributed by atoms with E-state index in [4.69, 9.17) is 5.73 Å². The lowest BCUT2D eigenvalue weighted by atomic mass is 10.1. The monoisotopic (exact) mass is 301 g/mol. The molecule has 112 valence electrons. The summed E-state index contributed by atoms with van der Waals surface area (Å²) in [6, 6.07) is 3.42. The van der Waals surface area contributed by atoms with E-state index < -0.39 is 14.9 Å². The minimum absolute atomic E-state index is 0.00611. The number of benzene rings is 1. The van der Waals surface area contributed by atoms with E-state index >= 15 is 0 Å². The Labute approximate surface area is 118 Å². The van der Waals surface area contributed by atoms with Gasteiger partial charge in [0.2, 0.25) is 10.0 Å². The topological polar surface area (TPSA) is 107 Å². The fourth-order valence-corrected chi connectivity index (χ4v) is 3.12. The average Bonchev–Trinajstić information content (AvgIpc) is 2.38. The summed E-state index contributed by atoms with van der Waals surface area (Å²) >= 11 is 0. The molecule has 0 saturated heterocycles. The molecule has 1 atom stereocenters. The maximum atomic E-state index is 12.4. The van der Waals surface area contributed by atoms with E-state index in [1.165, 1.54) is 23.5 Å². The van der Waals surface area contributed by atoms with Gasteiger partial charge in [-0.2, -0.15) is 0 Å². The smallest absolute Gasteiger partial charge is 0.270 e. The lowest BCUT2D eigenvalue weighted by molar-refractivity contribution is -0.385. The summed E-state index contributed by atoms with van der Waals surface area (Å²) in [5.41, 5.74) is 5.36. The molecule has 0 fully saturated rings. The van der Waals surface area contributed by atoms with Crippen LogP contribution in [0.4, 0.5) is 11.4 Å². The molecule has 0 aliphatic carbocycles. The van der Waals surface area contributed by atoms with E-state index in [1.807, 2.05) is 13.8 Å². The van der Waals surface area contributed by atoms with Gasteiger partial charge in [0.15, 0.2) is 0 Å². The number of hydrogen-bond donors (Lipinski definition) is 1. The molecule has 0 spiro atoms. The minimum Gasteiger partial charge on any atom is -0.398 e. The summed E-state index contributed by atoms with van der Waals surface area (Å²) in [4.78, 5) is 9.87. The number of hydrogen-bond acceptors (Lipinski definition) is 5. The quantitative estimate of drug-likeness (QED) is 0.490. The van der Waals surface area contributed by atoms with Gasteiger partial charge in [0.1, 0.15) is 4.90 Å². The van der Waals surface area contributed by atoms with Crippen LogP contribution in [0.3, 0.4) is 0 Å². The number of anilines is 1. The van der Waals surface area contributed by atoms with E-state index in [-0.39, 0.29) is 22.2 Å². The zero-order chi connectivity index (χ0) is 15.5. The van der Waals surface area contributed by atoms with Gasteiger partial charge in [-0.25, -0.2) is 12.7 Å². The first-order valence-electron chi connectivity index (χ1n) is 6.20. The second-order valence-electron chi connectivity index (χ2n) is 4.78. The number of nitrogens with zero attached hydrogens (tertiary/aromatic N) is 2. The molecule has 0 aromatic heterocycles. The van der Waals surface area contributed by atoms with Crippen LogP contribution in [-0.2, 0) is 10.0 Å². The Kier molecular flexibility index (Phi) is 5.07. The van der Waals surface area contributed by atoms with Gasteiger partial charge in [0, 0.05) is 25.7 Å². The third-order valence-corrected chi connectivity index (χ3v) is 5.04. The molecule has 0 saturated carbocycles. The van der Waals surface area contributed by atoms with Gasteiger partial charge in [-0.15, -0.1) is 0 Å². The van der Waals surface area contributed by atoms with Crippen LogP contribution in [0.25, 0.3) is 0 Å². The summed E-state index contributed by atoms with van der Waals surface area (Å²) in [6.45, 7) is 4.23. The Morgan fingerprint density at radius 2 is 2.05 bits per heavy atom. The zero-order valence-electron chi connectivity index (χ0n) is 11.7. The number of nitrogen functional groups attached to an aromatic ring is 1. The molecule has 7 nitrogen and oxygen atoms in total. The summed E-state index contributed by atoms with van der Waals surface area (Å²) in [7, 11) is -2.38. The van der Waals surface area contributed by atoms with Crippen LogP contribution in [0.5, 0.6) is 0 Å². The summed E-state index contributed by atoms with van der Waals surface area (Å²) in [5, 5.41) is 10.7.